The van der Waals surface area contributed by atoms with Crippen LogP contribution in [0.25, 0.3) is 22.8 Å². The molecule has 0 spiro atoms. The number of rotatable bonds is 8. The fourth-order valence-corrected chi connectivity index (χ4v) is 3.66. The summed E-state index contributed by atoms with van der Waals surface area (Å²) in [6.07, 6.45) is 1.78. The molecule has 0 aliphatic carbocycles. The molecule has 0 bridgehead atoms. The second-order valence-corrected chi connectivity index (χ2v) is 7.16. The van der Waals surface area contributed by atoms with Crippen molar-refractivity contribution in [2.24, 2.45) is 0 Å². The minimum Gasteiger partial charge on any atom is -0.496 e. The van der Waals surface area contributed by atoms with Crippen molar-refractivity contribution in [3.8, 4) is 28.5 Å². The molecule has 0 atom stereocenters. The molecule has 2 aromatic carbocycles. The van der Waals surface area contributed by atoms with Crippen LogP contribution < -0.4 is 4.74 Å². The van der Waals surface area contributed by atoms with Gasteiger partial charge in [-0.25, -0.2) is 4.39 Å². The highest BCUT2D eigenvalue weighted by molar-refractivity contribution is 7.98. The molecule has 0 aliphatic heterocycles. The lowest BCUT2D eigenvalue weighted by atomic mass is 10.2. The van der Waals surface area contributed by atoms with Gasteiger partial charge in [0.1, 0.15) is 11.6 Å². The zero-order chi connectivity index (χ0) is 20.9. The van der Waals surface area contributed by atoms with Gasteiger partial charge in [-0.1, -0.05) is 35.1 Å². The maximum atomic E-state index is 13.1. The Morgan fingerprint density at radius 3 is 2.73 bits per heavy atom. The molecule has 152 valence electrons. The van der Waals surface area contributed by atoms with Gasteiger partial charge in [0.05, 0.1) is 18.4 Å². The smallest absolute Gasteiger partial charge is 0.237 e. The van der Waals surface area contributed by atoms with Crippen LogP contribution in [0.2, 0.25) is 0 Å². The van der Waals surface area contributed by atoms with E-state index in [1.807, 2.05) is 28.8 Å². The van der Waals surface area contributed by atoms with Crippen molar-refractivity contribution in [2.75, 3.05) is 7.11 Å². The van der Waals surface area contributed by atoms with Gasteiger partial charge in [-0.3, -0.25) is 4.57 Å². The van der Waals surface area contributed by atoms with Gasteiger partial charge in [0.25, 0.3) is 0 Å². The Labute approximate surface area is 176 Å². The second kappa shape index (κ2) is 8.91. The van der Waals surface area contributed by atoms with Crippen LogP contribution in [0.1, 0.15) is 5.89 Å². The van der Waals surface area contributed by atoms with Crippen molar-refractivity contribution >= 4 is 11.8 Å². The number of hydrogen-bond acceptors (Lipinski definition) is 7. The SMILES string of the molecule is C=CCn1c(SCc2nc(-c3ccc(F)cc3)no2)nnc1-c1ccccc1OC. The third-order valence-electron chi connectivity index (χ3n) is 4.27. The highest BCUT2D eigenvalue weighted by Gasteiger charge is 2.18. The van der Waals surface area contributed by atoms with Crippen LogP contribution in [0.4, 0.5) is 4.39 Å². The van der Waals surface area contributed by atoms with Gasteiger partial charge < -0.3 is 9.26 Å². The van der Waals surface area contributed by atoms with Gasteiger partial charge in [0, 0.05) is 12.1 Å². The van der Waals surface area contributed by atoms with E-state index in [2.05, 4.69) is 26.9 Å². The average molecular weight is 423 g/mol. The maximum Gasteiger partial charge on any atom is 0.237 e. The van der Waals surface area contributed by atoms with E-state index in [9.17, 15) is 4.39 Å². The molecule has 2 heterocycles. The first-order valence-corrected chi connectivity index (χ1v) is 10.1. The van der Waals surface area contributed by atoms with E-state index in [4.69, 9.17) is 9.26 Å². The quantitative estimate of drug-likeness (QED) is 0.302. The minimum absolute atomic E-state index is 0.314. The summed E-state index contributed by atoms with van der Waals surface area (Å²) in [7, 11) is 1.62. The highest BCUT2D eigenvalue weighted by atomic mass is 32.2. The lowest BCUT2D eigenvalue weighted by Crippen LogP contribution is -2.01. The Morgan fingerprint density at radius 1 is 1.17 bits per heavy atom. The van der Waals surface area contributed by atoms with Crippen LogP contribution in [-0.2, 0) is 12.3 Å². The fraction of sp³-hybridized carbons (Fsp3) is 0.143. The van der Waals surface area contributed by atoms with Crippen molar-refractivity contribution in [1.29, 1.82) is 0 Å². The minimum atomic E-state index is -0.314. The molecular weight excluding hydrogens is 405 g/mol. The van der Waals surface area contributed by atoms with E-state index in [-0.39, 0.29) is 5.82 Å². The maximum absolute atomic E-state index is 13.1. The number of allylic oxidation sites excluding steroid dienone is 1. The van der Waals surface area contributed by atoms with Gasteiger partial charge in [-0.05, 0) is 36.4 Å². The summed E-state index contributed by atoms with van der Waals surface area (Å²) >= 11 is 1.42. The average Bonchev–Trinajstić information content (AvgIpc) is 3.40. The third kappa shape index (κ3) is 4.11. The summed E-state index contributed by atoms with van der Waals surface area (Å²) in [5.74, 6) is 2.35. The summed E-state index contributed by atoms with van der Waals surface area (Å²) in [5, 5.41) is 13.3. The third-order valence-corrected chi connectivity index (χ3v) is 5.22. The number of methoxy groups -OCH3 is 1. The van der Waals surface area contributed by atoms with E-state index in [1.54, 1.807) is 25.3 Å². The number of nitrogens with zero attached hydrogens (tertiary/aromatic N) is 5. The van der Waals surface area contributed by atoms with Gasteiger partial charge in [0.2, 0.25) is 11.7 Å². The molecule has 0 N–H and O–H groups in total. The van der Waals surface area contributed by atoms with Crippen molar-refractivity contribution in [2.45, 2.75) is 17.5 Å². The summed E-state index contributed by atoms with van der Waals surface area (Å²) in [5.41, 5.74) is 1.53. The molecule has 30 heavy (non-hydrogen) atoms. The van der Waals surface area contributed by atoms with E-state index < -0.39 is 0 Å². The molecule has 0 amide bonds. The molecule has 4 aromatic rings. The van der Waals surface area contributed by atoms with Crippen molar-refractivity contribution in [3.05, 3.63) is 72.9 Å². The van der Waals surface area contributed by atoms with E-state index in [1.165, 1.54) is 23.9 Å². The number of para-hydroxylation sites is 1. The lowest BCUT2D eigenvalue weighted by molar-refractivity contribution is 0.391. The van der Waals surface area contributed by atoms with E-state index in [0.717, 1.165) is 5.56 Å². The van der Waals surface area contributed by atoms with E-state index >= 15 is 0 Å². The number of aromatic nitrogens is 5. The number of ether oxygens (including phenoxy) is 1. The summed E-state index contributed by atoms with van der Waals surface area (Å²) in [6.45, 7) is 4.37. The lowest BCUT2D eigenvalue weighted by Gasteiger charge is -2.10. The fourth-order valence-electron chi connectivity index (χ4n) is 2.87. The number of thioether (sulfide) groups is 1. The molecule has 0 radical (unpaired) electrons. The highest BCUT2D eigenvalue weighted by Crippen LogP contribution is 2.31. The van der Waals surface area contributed by atoms with Crippen LogP contribution >= 0.6 is 11.8 Å². The van der Waals surface area contributed by atoms with Gasteiger partial charge in [0.15, 0.2) is 11.0 Å². The number of halogens is 1. The van der Waals surface area contributed by atoms with Crippen molar-refractivity contribution in [1.82, 2.24) is 24.9 Å². The molecule has 7 nitrogen and oxygen atoms in total. The molecule has 9 heteroatoms. The normalized spacial score (nSPS) is 10.9. The summed E-state index contributed by atoms with van der Waals surface area (Å²) in [4.78, 5) is 4.37. The molecule has 0 saturated carbocycles. The van der Waals surface area contributed by atoms with Crippen LogP contribution in [0.15, 0.2) is 70.9 Å². The Morgan fingerprint density at radius 2 is 1.97 bits per heavy atom. The Kier molecular flexibility index (Phi) is 5.89. The predicted molar refractivity (Wildman–Crippen MR) is 111 cm³/mol. The van der Waals surface area contributed by atoms with Gasteiger partial charge in [-0.15, -0.1) is 16.8 Å². The molecule has 0 unspecified atom stereocenters. The van der Waals surface area contributed by atoms with Gasteiger partial charge >= 0.3 is 0 Å². The first-order valence-electron chi connectivity index (χ1n) is 9.08. The zero-order valence-electron chi connectivity index (χ0n) is 16.2. The first-order chi connectivity index (χ1) is 14.7. The van der Waals surface area contributed by atoms with Crippen molar-refractivity contribution < 1.29 is 13.7 Å². The van der Waals surface area contributed by atoms with Crippen LogP contribution in [0.5, 0.6) is 5.75 Å². The van der Waals surface area contributed by atoms with Crippen LogP contribution in [0.3, 0.4) is 0 Å². The van der Waals surface area contributed by atoms with Crippen molar-refractivity contribution in [3.63, 3.8) is 0 Å². The van der Waals surface area contributed by atoms with Gasteiger partial charge in [-0.2, -0.15) is 4.98 Å². The van der Waals surface area contributed by atoms with E-state index in [0.29, 0.717) is 46.3 Å². The molecule has 0 saturated heterocycles. The molecule has 2 aromatic heterocycles. The monoisotopic (exact) mass is 423 g/mol. The Bertz CT molecular complexity index is 1160. The number of hydrogen-bond donors (Lipinski definition) is 0. The molecule has 0 fully saturated rings. The zero-order valence-corrected chi connectivity index (χ0v) is 17.0. The largest absolute Gasteiger partial charge is 0.496 e. The first kappa shape index (κ1) is 19.8. The molecule has 0 aliphatic rings. The van der Waals surface area contributed by atoms with Crippen LogP contribution in [-0.4, -0.2) is 32.0 Å². The topological polar surface area (TPSA) is 78.9 Å². The summed E-state index contributed by atoms with van der Waals surface area (Å²) in [6, 6.07) is 13.6. The predicted octanol–water partition coefficient (Wildman–Crippen LogP) is 4.62. The summed E-state index contributed by atoms with van der Waals surface area (Å²) < 4.78 is 25.8. The molecule has 4 rings (SSSR count). The number of benzene rings is 2. The Balaban J connectivity index is 1.55. The van der Waals surface area contributed by atoms with Crippen LogP contribution in [0, 0.1) is 5.82 Å². The second-order valence-electron chi connectivity index (χ2n) is 6.21. The standard InChI is InChI=1S/C21H18FN5O2S/c1-3-12-27-20(16-6-4-5-7-17(16)28-2)24-25-21(27)30-13-18-23-19(26-29-18)14-8-10-15(22)11-9-14/h3-11H,1,12-13H2,2H3. The molecular formula is C21H18FN5O2S. The Hall–Kier alpha value is -3.46.